The Balaban J connectivity index is 1.37. The first kappa shape index (κ1) is 29.7. The molecule has 1 fully saturated rings. The molecule has 6 nitrogen and oxygen atoms in total. The SMILES string of the molecule is CCCCCCOc1ccc(C(=O)Oc2ccc(OC(=O)C3CCC(OCCCCCC)CC3)cc2)cc1. The van der Waals surface area contributed by atoms with Crippen LogP contribution in [0.5, 0.6) is 17.2 Å². The number of hydrogen-bond donors (Lipinski definition) is 0. The third kappa shape index (κ3) is 10.5. The second-order valence-electron chi connectivity index (χ2n) is 10.1. The highest BCUT2D eigenvalue weighted by Gasteiger charge is 2.28. The Bertz CT molecular complexity index is 945. The largest absolute Gasteiger partial charge is 0.494 e. The molecule has 0 amide bonds. The minimum Gasteiger partial charge on any atom is -0.494 e. The molecule has 2 aromatic rings. The van der Waals surface area contributed by atoms with Crippen LogP contribution in [0.4, 0.5) is 0 Å². The lowest BCUT2D eigenvalue weighted by Gasteiger charge is -2.27. The van der Waals surface area contributed by atoms with Gasteiger partial charge >= 0.3 is 11.9 Å². The van der Waals surface area contributed by atoms with E-state index in [4.69, 9.17) is 18.9 Å². The monoisotopic (exact) mass is 524 g/mol. The summed E-state index contributed by atoms with van der Waals surface area (Å²) in [5.74, 6) is 0.827. The number of unbranched alkanes of at least 4 members (excludes halogenated alkanes) is 6. The van der Waals surface area contributed by atoms with Crippen molar-refractivity contribution in [3.05, 3.63) is 54.1 Å². The standard InChI is InChI=1S/C32H44O6/c1-3-5-7-9-23-35-27-15-11-25(12-16-27)31(33)37-29-19-21-30(22-20-29)38-32(34)26-13-17-28(18-14-26)36-24-10-8-6-4-2/h11-12,15-16,19-22,26,28H,3-10,13-14,17-18,23-24H2,1-2H3. The molecule has 0 bridgehead atoms. The van der Waals surface area contributed by atoms with E-state index < -0.39 is 5.97 Å². The average Bonchev–Trinajstić information content (AvgIpc) is 2.94. The number of rotatable bonds is 16. The van der Waals surface area contributed by atoms with Crippen molar-refractivity contribution in [3.63, 3.8) is 0 Å². The van der Waals surface area contributed by atoms with Crippen LogP contribution >= 0.6 is 0 Å². The normalized spacial score (nSPS) is 17.1. The summed E-state index contributed by atoms with van der Waals surface area (Å²) in [5, 5.41) is 0. The van der Waals surface area contributed by atoms with Crippen molar-refractivity contribution in [1.82, 2.24) is 0 Å². The lowest BCUT2D eigenvalue weighted by Crippen LogP contribution is -2.29. The molecule has 0 heterocycles. The van der Waals surface area contributed by atoms with Gasteiger partial charge in [0.2, 0.25) is 0 Å². The fourth-order valence-corrected chi connectivity index (χ4v) is 4.59. The number of hydrogen-bond acceptors (Lipinski definition) is 6. The highest BCUT2D eigenvalue weighted by Crippen LogP contribution is 2.29. The van der Waals surface area contributed by atoms with Crippen LogP contribution in [0, 0.1) is 5.92 Å². The molecule has 3 rings (SSSR count). The van der Waals surface area contributed by atoms with Crippen LogP contribution in [-0.2, 0) is 9.53 Å². The summed E-state index contributed by atoms with van der Waals surface area (Å²) in [6.45, 7) is 5.88. The van der Waals surface area contributed by atoms with Gasteiger partial charge in [-0.1, -0.05) is 52.4 Å². The second kappa shape index (κ2) is 16.9. The quantitative estimate of drug-likeness (QED) is 0.126. The second-order valence-corrected chi connectivity index (χ2v) is 10.1. The Labute approximate surface area is 228 Å². The van der Waals surface area contributed by atoms with Crippen molar-refractivity contribution < 1.29 is 28.5 Å². The fraction of sp³-hybridized carbons (Fsp3) is 0.562. The molecule has 0 aliphatic heterocycles. The summed E-state index contributed by atoms with van der Waals surface area (Å²) in [4.78, 5) is 25.1. The third-order valence-corrected chi connectivity index (χ3v) is 6.97. The van der Waals surface area contributed by atoms with Gasteiger partial charge in [0.15, 0.2) is 0 Å². The summed E-state index contributed by atoms with van der Waals surface area (Å²) in [7, 11) is 0. The molecule has 0 aromatic heterocycles. The van der Waals surface area contributed by atoms with E-state index in [1.54, 1.807) is 48.5 Å². The van der Waals surface area contributed by atoms with Crippen LogP contribution in [0.15, 0.2) is 48.5 Å². The fourth-order valence-electron chi connectivity index (χ4n) is 4.59. The molecule has 0 unspecified atom stereocenters. The maximum atomic E-state index is 12.6. The average molecular weight is 525 g/mol. The van der Waals surface area contributed by atoms with E-state index in [9.17, 15) is 9.59 Å². The van der Waals surface area contributed by atoms with Gasteiger partial charge in [-0.25, -0.2) is 4.79 Å². The van der Waals surface area contributed by atoms with Crippen molar-refractivity contribution in [2.24, 2.45) is 5.92 Å². The van der Waals surface area contributed by atoms with E-state index in [-0.39, 0.29) is 18.0 Å². The molecule has 1 saturated carbocycles. The summed E-state index contributed by atoms with van der Waals surface area (Å²) in [5.41, 5.74) is 0.444. The van der Waals surface area contributed by atoms with Crippen molar-refractivity contribution in [1.29, 1.82) is 0 Å². The number of esters is 2. The Morgan fingerprint density at radius 1 is 0.658 bits per heavy atom. The van der Waals surface area contributed by atoms with E-state index in [0.29, 0.717) is 23.7 Å². The van der Waals surface area contributed by atoms with Gasteiger partial charge in [-0.3, -0.25) is 4.79 Å². The van der Waals surface area contributed by atoms with Gasteiger partial charge in [0.25, 0.3) is 0 Å². The Kier molecular flexibility index (Phi) is 13.2. The van der Waals surface area contributed by atoms with Gasteiger partial charge in [0, 0.05) is 6.61 Å². The Morgan fingerprint density at radius 3 is 1.82 bits per heavy atom. The van der Waals surface area contributed by atoms with E-state index in [0.717, 1.165) is 57.3 Å². The number of carbonyl (C=O) groups excluding carboxylic acids is 2. The highest BCUT2D eigenvalue weighted by atomic mass is 16.5. The zero-order valence-electron chi connectivity index (χ0n) is 23.1. The molecule has 38 heavy (non-hydrogen) atoms. The predicted octanol–water partition coefficient (Wildman–Crippen LogP) is 7.93. The first-order valence-electron chi connectivity index (χ1n) is 14.5. The van der Waals surface area contributed by atoms with E-state index >= 15 is 0 Å². The smallest absolute Gasteiger partial charge is 0.343 e. The highest BCUT2D eigenvalue weighted by molar-refractivity contribution is 5.91. The van der Waals surface area contributed by atoms with Gasteiger partial charge in [-0.2, -0.15) is 0 Å². The maximum absolute atomic E-state index is 12.6. The van der Waals surface area contributed by atoms with Crippen LogP contribution < -0.4 is 14.2 Å². The van der Waals surface area contributed by atoms with Crippen LogP contribution in [-0.4, -0.2) is 31.3 Å². The number of carbonyl (C=O) groups is 2. The lowest BCUT2D eigenvalue weighted by molar-refractivity contribution is -0.141. The van der Waals surface area contributed by atoms with Gasteiger partial charge in [-0.15, -0.1) is 0 Å². The van der Waals surface area contributed by atoms with Crippen LogP contribution in [0.25, 0.3) is 0 Å². The minimum atomic E-state index is -0.450. The molecule has 1 aliphatic carbocycles. The zero-order valence-corrected chi connectivity index (χ0v) is 23.1. The van der Waals surface area contributed by atoms with Crippen molar-refractivity contribution in [3.8, 4) is 17.2 Å². The van der Waals surface area contributed by atoms with Gasteiger partial charge in [0.1, 0.15) is 17.2 Å². The van der Waals surface area contributed by atoms with Gasteiger partial charge < -0.3 is 18.9 Å². The van der Waals surface area contributed by atoms with Crippen LogP contribution in [0.3, 0.4) is 0 Å². The molecule has 1 aliphatic rings. The topological polar surface area (TPSA) is 71.1 Å². The van der Waals surface area contributed by atoms with E-state index in [2.05, 4.69) is 13.8 Å². The molecule has 6 heteroatoms. The molecular weight excluding hydrogens is 480 g/mol. The van der Waals surface area contributed by atoms with Crippen LogP contribution in [0.1, 0.15) is 101 Å². The van der Waals surface area contributed by atoms with E-state index in [1.165, 1.54) is 32.1 Å². The van der Waals surface area contributed by atoms with Crippen LogP contribution in [0.2, 0.25) is 0 Å². The number of ether oxygens (including phenoxy) is 4. The maximum Gasteiger partial charge on any atom is 0.343 e. The summed E-state index contributed by atoms with van der Waals surface area (Å²) >= 11 is 0. The molecule has 208 valence electrons. The molecule has 0 atom stereocenters. The molecule has 2 aromatic carbocycles. The Hall–Kier alpha value is -2.86. The minimum absolute atomic E-state index is 0.101. The first-order valence-corrected chi connectivity index (χ1v) is 14.5. The Morgan fingerprint density at radius 2 is 1.21 bits per heavy atom. The lowest BCUT2D eigenvalue weighted by atomic mass is 9.87. The predicted molar refractivity (Wildman–Crippen MR) is 149 cm³/mol. The van der Waals surface area contributed by atoms with Crippen molar-refractivity contribution in [2.45, 2.75) is 97.0 Å². The van der Waals surface area contributed by atoms with Crippen molar-refractivity contribution in [2.75, 3.05) is 13.2 Å². The molecular formula is C32H44O6. The molecule has 0 spiro atoms. The summed E-state index contributed by atoms with van der Waals surface area (Å²) in [6, 6.07) is 13.5. The zero-order chi connectivity index (χ0) is 27.0. The summed E-state index contributed by atoms with van der Waals surface area (Å²) in [6.07, 6.45) is 13.0. The van der Waals surface area contributed by atoms with Crippen molar-refractivity contribution >= 4 is 11.9 Å². The molecule has 0 radical (unpaired) electrons. The van der Waals surface area contributed by atoms with Gasteiger partial charge in [-0.05, 0) is 87.1 Å². The third-order valence-electron chi connectivity index (χ3n) is 6.97. The van der Waals surface area contributed by atoms with Gasteiger partial charge in [0.05, 0.1) is 24.2 Å². The molecule has 0 saturated heterocycles. The summed E-state index contributed by atoms with van der Waals surface area (Å²) < 4.78 is 22.8. The number of benzene rings is 2. The molecule has 0 N–H and O–H groups in total. The first-order chi connectivity index (χ1) is 18.6. The van der Waals surface area contributed by atoms with E-state index in [1.807, 2.05) is 0 Å².